The second-order valence-electron chi connectivity index (χ2n) is 5.13. The van der Waals surface area contributed by atoms with Crippen LogP contribution in [0, 0.1) is 0 Å². The first-order valence-electron chi connectivity index (χ1n) is 7.01. The zero-order valence-electron chi connectivity index (χ0n) is 11.9. The molecule has 0 fully saturated rings. The van der Waals surface area contributed by atoms with Gasteiger partial charge in [0.1, 0.15) is 11.4 Å². The number of benzene rings is 1. The van der Waals surface area contributed by atoms with Crippen molar-refractivity contribution in [1.82, 2.24) is 10.3 Å². The minimum Gasteiger partial charge on any atom is -0.493 e. The maximum absolute atomic E-state index is 12.5. The van der Waals surface area contributed by atoms with Gasteiger partial charge in [-0.25, -0.2) is 0 Å². The summed E-state index contributed by atoms with van der Waals surface area (Å²) in [5, 5.41) is 2.81. The van der Waals surface area contributed by atoms with Crippen LogP contribution in [0.15, 0.2) is 42.6 Å². The average molecular weight is 322 g/mol. The van der Waals surface area contributed by atoms with E-state index >= 15 is 0 Å². The van der Waals surface area contributed by atoms with Crippen molar-refractivity contribution in [2.45, 2.75) is 18.6 Å². The van der Waals surface area contributed by atoms with Crippen molar-refractivity contribution in [2.24, 2.45) is 0 Å². The van der Waals surface area contributed by atoms with E-state index in [0.29, 0.717) is 18.8 Å². The summed E-state index contributed by atoms with van der Waals surface area (Å²) < 4.78 is 43.0. The maximum Gasteiger partial charge on any atom is 0.433 e. The molecule has 1 aromatic heterocycles. The number of nitrogens with one attached hydrogen (secondary N) is 1. The number of amides is 1. The highest BCUT2D eigenvalue weighted by Crippen LogP contribution is 2.32. The van der Waals surface area contributed by atoms with Crippen LogP contribution >= 0.6 is 0 Å². The molecule has 0 spiro atoms. The summed E-state index contributed by atoms with van der Waals surface area (Å²) >= 11 is 0. The van der Waals surface area contributed by atoms with E-state index in [4.69, 9.17) is 4.74 Å². The first kappa shape index (κ1) is 15.3. The van der Waals surface area contributed by atoms with Gasteiger partial charge in [-0.1, -0.05) is 18.2 Å². The van der Waals surface area contributed by atoms with Crippen molar-refractivity contribution < 1.29 is 22.7 Å². The molecule has 23 heavy (non-hydrogen) atoms. The van der Waals surface area contributed by atoms with Crippen LogP contribution in [-0.4, -0.2) is 17.5 Å². The molecule has 1 atom stereocenters. The molecule has 0 saturated carbocycles. The van der Waals surface area contributed by atoms with Gasteiger partial charge in [0.25, 0.3) is 5.91 Å². The monoisotopic (exact) mass is 322 g/mol. The van der Waals surface area contributed by atoms with Crippen LogP contribution in [0.25, 0.3) is 0 Å². The maximum atomic E-state index is 12.5. The number of alkyl halides is 3. The summed E-state index contributed by atoms with van der Waals surface area (Å²) in [4.78, 5) is 15.5. The van der Waals surface area contributed by atoms with Gasteiger partial charge in [0.05, 0.1) is 18.2 Å². The van der Waals surface area contributed by atoms with Gasteiger partial charge in [-0.2, -0.15) is 13.2 Å². The van der Waals surface area contributed by atoms with Gasteiger partial charge in [-0.05, 0) is 18.2 Å². The highest BCUT2D eigenvalue weighted by molar-refractivity contribution is 5.94. The van der Waals surface area contributed by atoms with Crippen LogP contribution in [0.3, 0.4) is 0 Å². The SMILES string of the molecule is O=C(N[C@H]1CCOc2ccccc21)c1ccc(C(F)(F)F)nc1. The van der Waals surface area contributed by atoms with Gasteiger partial charge < -0.3 is 10.1 Å². The molecule has 0 unspecified atom stereocenters. The molecule has 0 radical (unpaired) electrons. The topological polar surface area (TPSA) is 51.2 Å². The zero-order valence-corrected chi connectivity index (χ0v) is 11.9. The fourth-order valence-corrected chi connectivity index (χ4v) is 2.43. The van der Waals surface area contributed by atoms with Crippen molar-refractivity contribution in [1.29, 1.82) is 0 Å². The highest BCUT2D eigenvalue weighted by atomic mass is 19.4. The first-order chi connectivity index (χ1) is 10.9. The minimum absolute atomic E-state index is 0.0852. The third-order valence-corrected chi connectivity index (χ3v) is 3.58. The average Bonchev–Trinajstić information content (AvgIpc) is 2.54. The van der Waals surface area contributed by atoms with Gasteiger partial charge in [0, 0.05) is 18.2 Å². The van der Waals surface area contributed by atoms with Crippen molar-refractivity contribution in [2.75, 3.05) is 6.61 Å². The van der Waals surface area contributed by atoms with E-state index in [2.05, 4.69) is 10.3 Å². The quantitative estimate of drug-likeness (QED) is 0.922. The number of rotatable bonds is 2. The second-order valence-corrected chi connectivity index (χ2v) is 5.13. The van der Waals surface area contributed by atoms with E-state index in [1.54, 1.807) is 0 Å². The summed E-state index contributed by atoms with van der Waals surface area (Å²) in [6.07, 6.45) is -2.99. The molecule has 3 rings (SSSR count). The Labute approximate surface area is 130 Å². The van der Waals surface area contributed by atoms with Gasteiger partial charge in [0.15, 0.2) is 0 Å². The zero-order chi connectivity index (χ0) is 16.4. The predicted octanol–water partition coefficient (Wildman–Crippen LogP) is 3.35. The second kappa shape index (κ2) is 5.91. The summed E-state index contributed by atoms with van der Waals surface area (Å²) in [5.41, 5.74) is -0.0839. The van der Waals surface area contributed by atoms with E-state index in [1.165, 1.54) is 0 Å². The molecule has 1 aliphatic heterocycles. The molecule has 7 heteroatoms. The Hall–Kier alpha value is -2.57. The molecule has 1 aliphatic rings. The summed E-state index contributed by atoms with van der Waals surface area (Å²) in [5.74, 6) is 0.238. The number of carbonyl (C=O) groups excluding carboxylic acids is 1. The third-order valence-electron chi connectivity index (χ3n) is 3.58. The van der Waals surface area contributed by atoms with Crippen LogP contribution in [0.5, 0.6) is 5.75 Å². The van der Waals surface area contributed by atoms with E-state index < -0.39 is 17.8 Å². The summed E-state index contributed by atoms with van der Waals surface area (Å²) in [7, 11) is 0. The van der Waals surface area contributed by atoms with Crippen LogP contribution in [-0.2, 0) is 6.18 Å². The van der Waals surface area contributed by atoms with E-state index in [1.807, 2.05) is 24.3 Å². The Kier molecular flexibility index (Phi) is 3.94. The number of carbonyl (C=O) groups is 1. The Balaban J connectivity index is 1.75. The van der Waals surface area contributed by atoms with Crippen LogP contribution in [0.1, 0.15) is 34.1 Å². The molecular formula is C16H13F3N2O2. The molecule has 1 N–H and O–H groups in total. The molecule has 4 nitrogen and oxygen atoms in total. The molecule has 0 saturated heterocycles. The van der Waals surface area contributed by atoms with E-state index in [-0.39, 0.29) is 11.6 Å². The molecular weight excluding hydrogens is 309 g/mol. The number of hydrogen-bond acceptors (Lipinski definition) is 3. The van der Waals surface area contributed by atoms with E-state index in [9.17, 15) is 18.0 Å². The number of hydrogen-bond donors (Lipinski definition) is 1. The van der Waals surface area contributed by atoms with Gasteiger partial charge in [0.2, 0.25) is 0 Å². The molecule has 120 valence electrons. The van der Waals surface area contributed by atoms with E-state index in [0.717, 1.165) is 23.9 Å². The third kappa shape index (κ3) is 3.28. The van der Waals surface area contributed by atoms with Crippen LogP contribution in [0.4, 0.5) is 13.2 Å². The molecule has 2 heterocycles. The normalized spacial score (nSPS) is 17.1. The van der Waals surface area contributed by atoms with Gasteiger partial charge in [-0.3, -0.25) is 9.78 Å². The number of nitrogens with zero attached hydrogens (tertiary/aromatic N) is 1. The van der Waals surface area contributed by atoms with Crippen LogP contribution in [0.2, 0.25) is 0 Å². The number of fused-ring (bicyclic) bond motifs is 1. The fourth-order valence-electron chi connectivity index (χ4n) is 2.43. The minimum atomic E-state index is -4.52. The molecule has 1 amide bonds. The van der Waals surface area contributed by atoms with Crippen molar-refractivity contribution >= 4 is 5.91 Å². The Morgan fingerprint density at radius 1 is 1.22 bits per heavy atom. The smallest absolute Gasteiger partial charge is 0.433 e. The first-order valence-corrected chi connectivity index (χ1v) is 7.01. The summed E-state index contributed by atoms with van der Waals surface area (Å²) in [6, 6.07) is 9.02. The van der Waals surface area contributed by atoms with Crippen molar-refractivity contribution in [3.63, 3.8) is 0 Å². The Bertz CT molecular complexity index is 714. The lowest BCUT2D eigenvalue weighted by Gasteiger charge is -2.26. The van der Waals surface area contributed by atoms with Crippen molar-refractivity contribution in [3.05, 3.63) is 59.4 Å². The predicted molar refractivity (Wildman–Crippen MR) is 76.0 cm³/mol. The number of ether oxygens (including phenoxy) is 1. The molecule has 0 bridgehead atoms. The molecule has 0 aliphatic carbocycles. The van der Waals surface area contributed by atoms with Crippen LogP contribution < -0.4 is 10.1 Å². The standard InChI is InChI=1S/C16H13F3N2O2/c17-16(18,19)14-6-5-10(9-20-14)15(22)21-12-7-8-23-13-4-2-1-3-11(12)13/h1-6,9,12H,7-8H2,(H,21,22)/t12-/m0/s1. The lowest BCUT2D eigenvalue weighted by Crippen LogP contribution is -2.32. The lowest BCUT2D eigenvalue weighted by atomic mass is 10.0. The van der Waals surface area contributed by atoms with Crippen molar-refractivity contribution in [3.8, 4) is 5.75 Å². The number of para-hydroxylation sites is 1. The Morgan fingerprint density at radius 2 is 2.00 bits per heavy atom. The van der Waals surface area contributed by atoms with Gasteiger partial charge >= 0.3 is 6.18 Å². The molecule has 1 aromatic carbocycles. The molecule has 2 aromatic rings. The summed E-state index contributed by atoms with van der Waals surface area (Å²) in [6.45, 7) is 0.465. The van der Waals surface area contributed by atoms with Gasteiger partial charge in [-0.15, -0.1) is 0 Å². The number of aromatic nitrogens is 1. The highest BCUT2D eigenvalue weighted by Gasteiger charge is 2.32. The number of pyridine rings is 1. The Morgan fingerprint density at radius 3 is 2.70 bits per heavy atom. The fraction of sp³-hybridized carbons (Fsp3) is 0.250. The lowest BCUT2D eigenvalue weighted by molar-refractivity contribution is -0.141. The number of halogens is 3. The largest absolute Gasteiger partial charge is 0.493 e.